The summed E-state index contributed by atoms with van der Waals surface area (Å²) in [5, 5.41) is 3.06. The van der Waals surface area contributed by atoms with E-state index in [2.05, 4.69) is 5.32 Å². The Bertz CT molecular complexity index is 1220. The number of nitrogens with one attached hydrogen (secondary N) is 1. The van der Waals surface area contributed by atoms with Crippen LogP contribution in [-0.2, 0) is 29.0 Å². The van der Waals surface area contributed by atoms with Gasteiger partial charge in [-0.3, -0.25) is 9.59 Å². The lowest BCUT2D eigenvalue weighted by atomic mass is 10.0. The molecular weight excluding hydrogens is 483 g/mol. The summed E-state index contributed by atoms with van der Waals surface area (Å²) >= 11 is 0. The van der Waals surface area contributed by atoms with E-state index in [9.17, 15) is 14.0 Å². The van der Waals surface area contributed by atoms with Crippen molar-refractivity contribution in [2.45, 2.75) is 58.2 Å². The molecule has 1 heterocycles. The summed E-state index contributed by atoms with van der Waals surface area (Å²) in [6, 6.07) is 20.7. The minimum Gasteiger partial charge on any atom is -0.486 e. The van der Waals surface area contributed by atoms with Crippen LogP contribution in [0.5, 0.6) is 11.5 Å². The second-order valence-corrected chi connectivity index (χ2v) is 9.65. The molecule has 0 radical (unpaired) electrons. The lowest BCUT2D eigenvalue weighted by Crippen LogP contribution is -2.52. The standard InChI is InChI=1S/C31H35FN2O4/c1-3-22(2)33-31(36)27(19-23-7-5-4-6-8-23)34(21-25-9-13-26(32)14-10-25)30(35)16-12-24-11-15-28-29(20-24)38-18-17-37-28/h4-11,13-15,20,22,27H,3,12,16-19,21H2,1-2H3,(H,33,36)/t22-,27-/m1/s1. The van der Waals surface area contributed by atoms with Crippen molar-refractivity contribution in [3.8, 4) is 11.5 Å². The summed E-state index contributed by atoms with van der Waals surface area (Å²) in [6.45, 7) is 5.17. The molecule has 0 saturated carbocycles. The Kier molecular flexibility index (Phi) is 9.35. The quantitative estimate of drug-likeness (QED) is 0.384. The van der Waals surface area contributed by atoms with Gasteiger partial charge in [-0.15, -0.1) is 0 Å². The van der Waals surface area contributed by atoms with Crippen molar-refractivity contribution in [3.63, 3.8) is 0 Å². The second-order valence-electron chi connectivity index (χ2n) is 9.65. The molecule has 1 N–H and O–H groups in total. The molecule has 0 spiro atoms. The fourth-order valence-corrected chi connectivity index (χ4v) is 4.42. The number of carbonyl (C=O) groups is 2. The number of hydrogen-bond acceptors (Lipinski definition) is 4. The second kappa shape index (κ2) is 13.1. The van der Waals surface area contributed by atoms with Crippen LogP contribution in [0.1, 0.15) is 43.4 Å². The molecule has 0 bridgehead atoms. The summed E-state index contributed by atoms with van der Waals surface area (Å²) in [5.74, 6) is 0.691. The van der Waals surface area contributed by atoms with Gasteiger partial charge in [-0.2, -0.15) is 0 Å². The van der Waals surface area contributed by atoms with Crippen LogP contribution in [0, 0.1) is 5.82 Å². The lowest BCUT2D eigenvalue weighted by molar-refractivity contribution is -0.141. The predicted octanol–water partition coefficient (Wildman–Crippen LogP) is 5.08. The van der Waals surface area contributed by atoms with Crippen LogP contribution in [0.3, 0.4) is 0 Å². The Morgan fingerprint density at radius 2 is 1.61 bits per heavy atom. The molecule has 4 rings (SSSR count). The Labute approximate surface area is 223 Å². The van der Waals surface area contributed by atoms with E-state index >= 15 is 0 Å². The molecule has 3 aromatic rings. The highest BCUT2D eigenvalue weighted by atomic mass is 19.1. The third kappa shape index (κ3) is 7.34. The maximum atomic E-state index is 13.8. The van der Waals surface area contributed by atoms with Gasteiger partial charge in [0.15, 0.2) is 11.5 Å². The SMILES string of the molecule is CC[C@@H](C)NC(=O)[C@@H](Cc1ccccc1)N(Cc1ccc(F)cc1)C(=O)CCc1ccc2c(c1)OCCO2. The first-order valence-corrected chi connectivity index (χ1v) is 13.2. The predicted molar refractivity (Wildman–Crippen MR) is 145 cm³/mol. The van der Waals surface area contributed by atoms with Crippen LogP contribution < -0.4 is 14.8 Å². The maximum absolute atomic E-state index is 13.8. The smallest absolute Gasteiger partial charge is 0.243 e. The molecule has 38 heavy (non-hydrogen) atoms. The Morgan fingerprint density at radius 1 is 0.921 bits per heavy atom. The van der Waals surface area contributed by atoms with Gasteiger partial charge in [-0.05, 0) is 60.7 Å². The van der Waals surface area contributed by atoms with Gasteiger partial charge < -0.3 is 19.7 Å². The van der Waals surface area contributed by atoms with E-state index in [1.54, 1.807) is 17.0 Å². The number of aryl methyl sites for hydroxylation is 1. The van der Waals surface area contributed by atoms with Gasteiger partial charge in [0.2, 0.25) is 11.8 Å². The van der Waals surface area contributed by atoms with Crippen molar-refractivity contribution in [1.82, 2.24) is 10.2 Å². The van der Waals surface area contributed by atoms with Crippen molar-refractivity contribution in [2.24, 2.45) is 0 Å². The van der Waals surface area contributed by atoms with Crippen LogP contribution in [0.2, 0.25) is 0 Å². The first-order valence-electron chi connectivity index (χ1n) is 13.2. The molecule has 0 unspecified atom stereocenters. The number of hydrogen-bond donors (Lipinski definition) is 1. The molecule has 3 aromatic carbocycles. The third-order valence-corrected chi connectivity index (χ3v) is 6.77. The molecule has 1 aliphatic heterocycles. The normalized spacial score (nSPS) is 13.9. The fourth-order valence-electron chi connectivity index (χ4n) is 4.42. The summed E-state index contributed by atoms with van der Waals surface area (Å²) in [6.07, 6.45) is 1.85. The van der Waals surface area contributed by atoms with Crippen molar-refractivity contribution < 1.29 is 23.5 Å². The first kappa shape index (κ1) is 27.2. The van der Waals surface area contributed by atoms with Crippen LogP contribution >= 0.6 is 0 Å². The Balaban J connectivity index is 1.59. The third-order valence-electron chi connectivity index (χ3n) is 6.77. The zero-order chi connectivity index (χ0) is 26.9. The van der Waals surface area contributed by atoms with E-state index in [1.165, 1.54) is 12.1 Å². The molecule has 1 aliphatic rings. The number of fused-ring (bicyclic) bond motifs is 1. The molecule has 6 nitrogen and oxygen atoms in total. The maximum Gasteiger partial charge on any atom is 0.243 e. The number of halogens is 1. The Morgan fingerprint density at radius 3 is 2.32 bits per heavy atom. The molecular formula is C31H35FN2O4. The van der Waals surface area contributed by atoms with E-state index in [4.69, 9.17) is 9.47 Å². The highest BCUT2D eigenvalue weighted by Gasteiger charge is 2.31. The number of carbonyl (C=O) groups excluding carboxylic acids is 2. The minimum atomic E-state index is -0.718. The largest absolute Gasteiger partial charge is 0.486 e. The van der Waals surface area contributed by atoms with Gasteiger partial charge >= 0.3 is 0 Å². The number of benzene rings is 3. The zero-order valence-electron chi connectivity index (χ0n) is 22.0. The summed E-state index contributed by atoms with van der Waals surface area (Å²) in [5.41, 5.74) is 2.67. The summed E-state index contributed by atoms with van der Waals surface area (Å²) < 4.78 is 24.9. The van der Waals surface area contributed by atoms with Crippen molar-refractivity contribution in [1.29, 1.82) is 0 Å². The van der Waals surface area contributed by atoms with Crippen molar-refractivity contribution in [3.05, 3.63) is 95.3 Å². The van der Waals surface area contributed by atoms with E-state index < -0.39 is 6.04 Å². The molecule has 200 valence electrons. The van der Waals surface area contributed by atoms with Crippen LogP contribution in [-0.4, -0.2) is 42.0 Å². The van der Waals surface area contributed by atoms with E-state index in [-0.39, 0.29) is 36.6 Å². The Hall–Kier alpha value is -3.87. The van der Waals surface area contributed by atoms with Crippen LogP contribution in [0.15, 0.2) is 72.8 Å². The van der Waals surface area contributed by atoms with Gasteiger partial charge in [-0.25, -0.2) is 4.39 Å². The average Bonchev–Trinajstić information content (AvgIpc) is 2.94. The summed E-state index contributed by atoms with van der Waals surface area (Å²) in [4.78, 5) is 29.0. The molecule has 0 saturated heterocycles. The number of amides is 2. The van der Waals surface area contributed by atoms with Gasteiger partial charge in [0.05, 0.1) is 0 Å². The average molecular weight is 519 g/mol. The van der Waals surface area contributed by atoms with Crippen molar-refractivity contribution in [2.75, 3.05) is 13.2 Å². The van der Waals surface area contributed by atoms with Gasteiger partial charge in [0.1, 0.15) is 25.1 Å². The molecule has 7 heteroatoms. The van der Waals surface area contributed by atoms with Crippen molar-refractivity contribution >= 4 is 11.8 Å². The first-order chi connectivity index (χ1) is 18.4. The molecule has 0 fully saturated rings. The van der Waals surface area contributed by atoms with Gasteiger partial charge in [0.25, 0.3) is 0 Å². The topological polar surface area (TPSA) is 67.9 Å². The molecule has 0 aromatic heterocycles. The number of ether oxygens (including phenoxy) is 2. The zero-order valence-corrected chi connectivity index (χ0v) is 22.0. The highest BCUT2D eigenvalue weighted by molar-refractivity contribution is 5.88. The van der Waals surface area contributed by atoms with Crippen LogP contribution in [0.4, 0.5) is 4.39 Å². The molecule has 2 amide bonds. The highest BCUT2D eigenvalue weighted by Crippen LogP contribution is 2.31. The van der Waals surface area contributed by atoms with Gasteiger partial charge in [-0.1, -0.05) is 55.5 Å². The van der Waals surface area contributed by atoms with E-state index in [1.807, 2.05) is 62.4 Å². The fraction of sp³-hybridized carbons (Fsp3) is 0.355. The number of rotatable bonds is 11. The number of nitrogens with zero attached hydrogens (tertiary/aromatic N) is 1. The molecule has 0 aliphatic carbocycles. The van der Waals surface area contributed by atoms with E-state index in [0.29, 0.717) is 37.6 Å². The monoisotopic (exact) mass is 518 g/mol. The summed E-state index contributed by atoms with van der Waals surface area (Å²) in [7, 11) is 0. The van der Waals surface area contributed by atoms with Crippen LogP contribution in [0.25, 0.3) is 0 Å². The lowest BCUT2D eigenvalue weighted by Gasteiger charge is -2.32. The molecule has 2 atom stereocenters. The van der Waals surface area contributed by atoms with E-state index in [0.717, 1.165) is 23.1 Å². The van der Waals surface area contributed by atoms with Gasteiger partial charge in [0, 0.05) is 25.4 Å². The minimum absolute atomic E-state index is 0.0266.